The smallest absolute Gasteiger partial charge is 0.263 e. The second-order valence-corrected chi connectivity index (χ2v) is 4.99. The van der Waals surface area contributed by atoms with E-state index in [4.69, 9.17) is 0 Å². The Bertz CT molecular complexity index is 771. The normalized spacial score (nSPS) is 10.3. The minimum Gasteiger partial charge on any atom is -0.329 e. The second kappa shape index (κ2) is 8.80. The van der Waals surface area contributed by atoms with Crippen LogP contribution in [0.15, 0.2) is 49.2 Å². The van der Waals surface area contributed by atoms with Gasteiger partial charge in [-0.1, -0.05) is 19.1 Å². The second-order valence-electron chi connectivity index (χ2n) is 4.99. The zero-order chi connectivity index (χ0) is 15.5. The molecular weight excluding hydrogens is 357 g/mol. The number of rotatable bonds is 5. The van der Waals surface area contributed by atoms with Crippen molar-refractivity contribution < 1.29 is 8.78 Å². The highest BCUT2D eigenvalue weighted by Crippen LogP contribution is 2.21. The highest BCUT2D eigenvalue weighted by molar-refractivity contribution is 5.85. The molecule has 0 N–H and O–H groups in total. The molecule has 3 aromatic rings. The average molecular weight is 375 g/mol. The summed E-state index contributed by atoms with van der Waals surface area (Å²) in [6.45, 7) is 2.66. The van der Waals surface area contributed by atoms with E-state index in [0.717, 1.165) is 17.9 Å². The molecule has 0 bridgehead atoms. The SMILES string of the molecule is CCc1nccn1Cc1cn(-c2cccc(C(F)F)c2)cn1.Cl.Cl. The van der Waals surface area contributed by atoms with Crippen LogP contribution in [0.4, 0.5) is 8.78 Å². The molecule has 130 valence electrons. The molecule has 24 heavy (non-hydrogen) atoms. The van der Waals surface area contributed by atoms with E-state index in [9.17, 15) is 8.78 Å². The maximum absolute atomic E-state index is 12.8. The lowest BCUT2D eigenvalue weighted by atomic mass is 10.2. The third-order valence-corrected chi connectivity index (χ3v) is 3.51. The van der Waals surface area contributed by atoms with Crippen LogP contribution in [0.25, 0.3) is 5.69 Å². The number of nitrogens with zero attached hydrogens (tertiary/aromatic N) is 4. The monoisotopic (exact) mass is 374 g/mol. The maximum atomic E-state index is 12.8. The summed E-state index contributed by atoms with van der Waals surface area (Å²) in [5, 5.41) is 0. The molecule has 0 amide bonds. The zero-order valence-electron chi connectivity index (χ0n) is 13.0. The van der Waals surface area contributed by atoms with Crippen molar-refractivity contribution in [1.29, 1.82) is 0 Å². The van der Waals surface area contributed by atoms with Crippen LogP contribution in [-0.4, -0.2) is 19.1 Å². The van der Waals surface area contributed by atoms with E-state index in [1.165, 1.54) is 12.1 Å². The highest BCUT2D eigenvalue weighted by Gasteiger charge is 2.09. The van der Waals surface area contributed by atoms with Crippen molar-refractivity contribution >= 4 is 24.8 Å². The molecule has 8 heteroatoms. The topological polar surface area (TPSA) is 35.6 Å². The summed E-state index contributed by atoms with van der Waals surface area (Å²) in [4.78, 5) is 8.62. The van der Waals surface area contributed by atoms with E-state index < -0.39 is 6.43 Å². The van der Waals surface area contributed by atoms with Gasteiger partial charge in [0.05, 0.1) is 18.6 Å². The first-order chi connectivity index (χ1) is 10.7. The predicted octanol–water partition coefficient (Wildman–Crippen LogP) is 4.46. The number of hydrogen-bond donors (Lipinski definition) is 0. The molecule has 4 nitrogen and oxygen atoms in total. The molecule has 0 fully saturated rings. The Balaban J connectivity index is 0.00000144. The first-order valence-corrected chi connectivity index (χ1v) is 7.08. The van der Waals surface area contributed by atoms with E-state index in [-0.39, 0.29) is 30.4 Å². The van der Waals surface area contributed by atoms with Crippen LogP contribution in [0, 0.1) is 0 Å². The van der Waals surface area contributed by atoms with Crippen LogP contribution in [0.1, 0.15) is 30.4 Å². The molecule has 0 aliphatic rings. The molecule has 0 aliphatic carbocycles. The van der Waals surface area contributed by atoms with Gasteiger partial charge >= 0.3 is 0 Å². The van der Waals surface area contributed by atoms with Crippen LogP contribution < -0.4 is 0 Å². The Morgan fingerprint density at radius 1 is 1.17 bits per heavy atom. The largest absolute Gasteiger partial charge is 0.329 e. The number of hydrogen-bond acceptors (Lipinski definition) is 2. The Kier molecular flexibility index (Phi) is 7.38. The van der Waals surface area contributed by atoms with Gasteiger partial charge < -0.3 is 9.13 Å². The average Bonchev–Trinajstić information content (AvgIpc) is 3.17. The zero-order valence-corrected chi connectivity index (χ0v) is 14.6. The summed E-state index contributed by atoms with van der Waals surface area (Å²) < 4.78 is 29.3. The van der Waals surface area contributed by atoms with Crippen molar-refractivity contribution in [1.82, 2.24) is 19.1 Å². The highest BCUT2D eigenvalue weighted by atomic mass is 35.5. The molecule has 0 atom stereocenters. The van der Waals surface area contributed by atoms with Gasteiger partial charge in [0.1, 0.15) is 5.82 Å². The van der Waals surface area contributed by atoms with Crippen LogP contribution >= 0.6 is 24.8 Å². The molecule has 0 radical (unpaired) electrons. The predicted molar refractivity (Wildman–Crippen MR) is 93.7 cm³/mol. The fourth-order valence-corrected chi connectivity index (χ4v) is 2.38. The minimum absolute atomic E-state index is 0. The summed E-state index contributed by atoms with van der Waals surface area (Å²) in [6, 6.07) is 6.31. The van der Waals surface area contributed by atoms with Crippen molar-refractivity contribution in [2.24, 2.45) is 0 Å². The molecule has 0 saturated carbocycles. The van der Waals surface area contributed by atoms with E-state index in [1.807, 2.05) is 23.9 Å². The third-order valence-electron chi connectivity index (χ3n) is 3.51. The van der Waals surface area contributed by atoms with Crippen molar-refractivity contribution in [3.05, 3.63) is 66.3 Å². The third kappa shape index (κ3) is 4.33. The number of aromatic nitrogens is 4. The van der Waals surface area contributed by atoms with Crippen LogP contribution in [0.2, 0.25) is 0 Å². The number of alkyl halides is 2. The maximum Gasteiger partial charge on any atom is 0.263 e. The standard InChI is InChI=1S/C16H16F2N4.2ClH/c1-2-15-19-6-7-21(15)9-13-10-22(11-20-13)14-5-3-4-12(8-14)16(17)18;;/h3-8,10-11,16H,2,9H2,1H3;2*1H. The first kappa shape index (κ1) is 20.1. The van der Waals surface area contributed by atoms with Crippen LogP contribution in [0.3, 0.4) is 0 Å². The molecule has 2 aromatic heterocycles. The summed E-state index contributed by atoms with van der Waals surface area (Å²) in [6.07, 6.45) is 5.55. The van der Waals surface area contributed by atoms with Crippen LogP contribution in [-0.2, 0) is 13.0 Å². The van der Waals surface area contributed by atoms with Gasteiger partial charge in [-0.05, 0) is 12.1 Å². The number of halogens is 4. The number of benzene rings is 1. The van der Waals surface area contributed by atoms with Gasteiger partial charge in [0, 0.05) is 36.3 Å². The van der Waals surface area contributed by atoms with Crippen molar-refractivity contribution in [2.75, 3.05) is 0 Å². The van der Waals surface area contributed by atoms with E-state index in [2.05, 4.69) is 9.97 Å². The minimum atomic E-state index is -2.47. The lowest BCUT2D eigenvalue weighted by Crippen LogP contribution is -2.03. The lowest BCUT2D eigenvalue weighted by molar-refractivity contribution is 0.151. The Labute approximate surface area is 151 Å². The fraction of sp³-hybridized carbons (Fsp3) is 0.250. The molecule has 0 unspecified atom stereocenters. The van der Waals surface area contributed by atoms with Gasteiger partial charge in [-0.2, -0.15) is 0 Å². The number of imidazole rings is 2. The van der Waals surface area contributed by atoms with Crippen molar-refractivity contribution in [3.63, 3.8) is 0 Å². The van der Waals surface area contributed by atoms with Crippen molar-refractivity contribution in [3.8, 4) is 5.69 Å². The molecule has 3 rings (SSSR count). The van der Waals surface area contributed by atoms with Gasteiger partial charge in [0.25, 0.3) is 6.43 Å². The molecule has 1 aromatic carbocycles. The van der Waals surface area contributed by atoms with E-state index in [1.54, 1.807) is 29.2 Å². The molecule has 0 saturated heterocycles. The Hall–Kier alpha value is -1.92. The van der Waals surface area contributed by atoms with Gasteiger partial charge in [-0.15, -0.1) is 24.8 Å². The van der Waals surface area contributed by atoms with Crippen molar-refractivity contribution in [2.45, 2.75) is 26.3 Å². The quantitative estimate of drug-likeness (QED) is 0.660. The van der Waals surface area contributed by atoms with Gasteiger partial charge in [-0.25, -0.2) is 18.7 Å². The van der Waals surface area contributed by atoms with Gasteiger partial charge in [-0.3, -0.25) is 0 Å². The molecule has 0 aliphatic heterocycles. The Morgan fingerprint density at radius 2 is 1.96 bits per heavy atom. The molecular formula is C16H18Cl2F2N4. The summed E-state index contributed by atoms with van der Waals surface area (Å²) >= 11 is 0. The lowest BCUT2D eigenvalue weighted by Gasteiger charge is -2.05. The summed E-state index contributed by atoms with van der Waals surface area (Å²) in [5.41, 5.74) is 1.55. The fourth-order valence-electron chi connectivity index (χ4n) is 2.38. The molecule has 2 heterocycles. The first-order valence-electron chi connectivity index (χ1n) is 7.08. The van der Waals surface area contributed by atoms with Gasteiger partial charge in [0.2, 0.25) is 0 Å². The summed E-state index contributed by atoms with van der Waals surface area (Å²) in [7, 11) is 0. The van der Waals surface area contributed by atoms with E-state index >= 15 is 0 Å². The van der Waals surface area contributed by atoms with Gasteiger partial charge in [0.15, 0.2) is 0 Å². The summed E-state index contributed by atoms with van der Waals surface area (Å²) in [5.74, 6) is 0.995. The molecule has 0 spiro atoms. The number of aryl methyl sites for hydroxylation is 1. The van der Waals surface area contributed by atoms with Crippen LogP contribution in [0.5, 0.6) is 0 Å². The Morgan fingerprint density at radius 3 is 2.67 bits per heavy atom. The van der Waals surface area contributed by atoms with E-state index in [0.29, 0.717) is 12.2 Å².